The second kappa shape index (κ2) is 8.50. The monoisotopic (exact) mass is 366 g/mol. The molecule has 0 radical (unpaired) electrons. The van der Waals surface area contributed by atoms with Crippen molar-refractivity contribution in [2.45, 2.75) is 12.3 Å². The summed E-state index contributed by atoms with van der Waals surface area (Å²) in [6.07, 6.45) is 4.05. The van der Waals surface area contributed by atoms with Gasteiger partial charge in [0, 0.05) is 29.2 Å². The summed E-state index contributed by atoms with van der Waals surface area (Å²) in [5.41, 5.74) is 2.59. The maximum absolute atomic E-state index is 13.0. The number of halogens is 1. The Bertz CT molecular complexity index is 867. The first kappa shape index (κ1) is 18.0. The zero-order chi connectivity index (χ0) is 18.4. The number of rotatable bonds is 6. The zero-order valence-electron chi connectivity index (χ0n) is 14.4. The number of aromatic nitrogens is 1. The molecular weight excluding hydrogens is 348 g/mol. The molecule has 0 aliphatic heterocycles. The molecule has 3 rings (SSSR count). The molecular formula is C21H19ClN2O2. The molecule has 0 spiro atoms. The number of ether oxygens (including phenoxy) is 1. The Kier molecular flexibility index (Phi) is 5.87. The quantitative estimate of drug-likeness (QED) is 0.687. The van der Waals surface area contributed by atoms with Gasteiger partial charge in [-0.1, -0.05) is 35.9 Å². The second-order valence-electron chi connectivity index (χ2n) is 5.89. The first-order valence-electron chi connectivity index (χ1n) is 8.25. The predicted octanol–water partition coefficient (Wildman–Crippen LogP) is 4.71. The lowest BCUT2D eigenvalue weighted by atomic mass is 9.91. The summed E-state index contributed by atoms with van der Waals surface area (Å²) in [6, 6.07) is 18.5. The number of benzene rings is 2. The van der Waals surface area contributed by atoms with Gasteiger partial charge in [0.1, 0.15) is 5.75 Å². The van der Waals surface area contributed by atoms with E-state index in [0.29, 0.717) is 22.9 Å². The minimum Gasteiger partial charge on any atom is -0.497 e. The molecule has 1 aromatic heterocycles. The Balaban J connectivity index is 1.86. The summed E-state index contributed by atoms with van der Waals surface area (Å²) in [6.45, 7) is 0. The Morgan fingerprint density at radius 2 is 1.96 bits per heavy atom. The summed E-state index contributed by atoms with van der Waals surface area (Å²) in [4.78, 5) is 17.1. The van der Waals surface area contributed by atoms with Crippen LogP contribution in [0.4, 0.5) is 5.69 Å². The molecule has 1 unspecified atom stereocenters. The van der Waals surface area contributed by atoms with Gasteiger partial charge in [0.2, 0.25) is 5.91 Å². The molecule has 5 heteroatoms. The molecule has 132 valence electrons. The number of methoxy groups -OCH3 is 1. The Morgan fingerprint density at radius 3 is 2.65 bits per heavy atom. The lowest BCUT2D eigenvalue weighted by Gasteiger charge is -2.18. The highest BCUT2D eigenvalue weighted by Gasteiger charge is 2.21. The van der Waals surface area contributed by atoms with Crippen LogP contribution in [0.1, 0.15) is 17.0 Å². The third kappa shape index (κ3) is 4.61. The van der Waals surface area contributed by atoms with Gasteiger partial charge in [-0.3, -0.25) is 9.78 Å². The molecule has 26 heavy (non-hydrogen) atoms. The van der Waals surface area contributed by atoms with E-state index in [-0.39, 0.29) is 11.8 Å². The van der Waals surface area contributed by atoms with Crippen molar-refractivity contribution in [3.8, 4) is 5.75 Å². The smallest absolute Gasteiger partial charge is 0.232 e. The van der Waals surface area contributed by atoms with E-state index in [1.54, 1.807) is 37.7 Å². The topological polar surface area (TPSA) is 51.2 Å². The average Bonchev–Trinajstić information content (AvgIpc) is 2.68. The highest BCUT2D eigenvalue weighted by Crippen LogP contribution is 2.25. The molecule has 3 aromatic rings. The first-order chi connectivity index (χ1) is 12.7. The molecule has 1 heterocycles. The third-order valence-electron chi connectivity index (χ3n) is 4.09. The number of amides is 1. The molecule has 2 aromatic carbocycles. The maximum atomic E-state index is 13.0. The zero-order valence-corrected chi connectivity index (χ0v) is 15.1. The van der Waals surface area contributed by atoms with Crippen LogP contribution in [0.3, 0.4) is 0 Å². The Labute approximate surface area is 157 Å². The summed E-state index contributed by atoms with van der Waals surface area (Å²) < 4.78 is 5.22. The highest BCUT2D eigenvalue weighted by molar-refractivity contribution is 6.30. The molecule has 1 amide bonds. The van der Waals surface area contributed by atoms with E-state index in [4.69, 9.17) is 16.3 Å². The minimum absolute atomic E-state index is 0.0931. The average molecular weight is 367 g/mol. The molecule has 0 fully saturated rings. The van der Waals surface area contributed by atoms with E-state index in [1.807, 2.05) is 42.5 Å². The number of carbonyl (C=O) groups excluding carboxylic acids is 1. The predicted molar refractivity (Wildman–Crippen MR) is 104 cm³/mol. The molecule has 1 N–H and O–H groups in total. The SMILES string of the molecule is COc1cccc(NC(=O)C(Cc2cccnc2)c2ccc(Cl)cc2)c1. The number of anilines is 1. The van der Waals surface area contributed by atoms with Gasteiger partial charge in [-0.2, -0.15) is 0 Å². The van der Waals surface area contributed by atoms with Crippen LogP contribution >= 0.6 is 11.6 Å². The van der Waals surface area contributed by atoms with Gasteiger partial charge < -0.3 is 10.1 Å². The van der Waals surface area contributed by atoms with Gasteiger partial charge in [0.05, 0.1) is 13.0 Å². The lowest BCUT2D eigenvalue weighted by molar-refractivity contribution is -0.117. The number of carbonyl (C=O) groups is 1. The van der Waals surface area contributed by atoms with E-state index in [0.717, 1.165) is 11.1 Å². The van der Waals surface area contributed by atoms with E-state index in [2.05, 4.69) is 10.3 Å². The first-order valence-corrected chi connectivity index (χ1v) is 8.63. The molecule has 0 saturated carbocycles. The van der Waals surface area contributed by atoms with Crippen LogP contribution in [-0.4, -0.2) is 18.0 Å². The van der Waals surface area contributed by atoms with Crippen LogP contribution in [-0.2, 0) is 11.2 Å². The van der Waals surface area contributed by atoms with Gasteiger partial charge in [-0.05, 0) is 47.9 Å². The van der Waals surface area contributed by atoms with Gasteiger partial charge in [0.15, 0.2) is 0 Å². The van der Waals surface area contributed by atoms with E-state index < -0.39 is 0 Å². The normalized spacial score (nSPS) is 11.6. The van der Waals surface area contributed by atoms with Crippen molar-refractivity contribution in [1.82, 2.24) is 4.98 Å². The molecule has 1 atom stereocenters. The van der Waals surface area contributed by atoms with Gasteiger partial charge >= 0.3 is 0 Å². The summed E-state index contributed by atoms with van der Waals surface area (Å²) in [5, 5.41) is 3.62. The van der Waals surface area contributed by atoms with Crippen molar-refractivity contribution in [1.29, 1.82) is 0 Å². The van der Waals surface area contributed by atoms with Crippen LogP contribution in [0.25, 0.3) is 0 Å². The largest absolute Gasteiger partial charge is 0.497 e. The summed E-state index contributed by atoms with van der Waals surface area (Å²) >= 11 is 5.99. The lowest BCUT2D eigenvalue weighted by Crippen LogP contribution is -2.23. The molecule has 0 aliphatic rings. The van der Waals surface area contributed by atoms with Gasteiger partial charge in [0.25, 0.3) is 0 Å². The van der Waals surface area contributed by atoms with Crippen LogP contribution in [0, 0.1) is 0 Å². The van der Waals surface area contributed by atoms with Crippen molar-refractivity contribution in [2.75, 3.05) is 12.4 Å². The van der Waals surface area contributed by atoms with E-state index >= 15 is 0 Å². The minimum atomic E-state index is -0.359. The van der Waals surface area contributed by atoms with Crippen molar-refractivity contribution >= 4 is 23.2 Å². The van der Waals surface area contributed by atoms with Crippen LogP contribution in [0.5, 0.6) is 5.75 Å². The van der Waals surface area contributed by atoms with Gasteiger partial charge in [-0.15, -0.1) is 0 Å². The summed E-state index contributed by atoms with van der Waals surface area (Å²) in [7, 11) is 1.60. The molecule has 0 aliphatic carbocycles. The van der Waals surface area contributed by atoms with Crippen LogP contribution in [0.2, 0.25) is 5.02 Å². The standard InChI is InChI=1S/C21H19ClN2O2/c1-26-19-6-2-5-18(13-19)24-21(25)20(12-15-4-3-11-23-14-15)16-7-9-17(22)10-8-16/h2-11,13-14,20H,12H2,1H3,(H,24,25). The van der Waals surface area contributed by atoms with Crippen molar-refractivity contribution < 1.29 is 9.53 Å². The number of hydrogen-bond donors (Lipinski definition) is 1. The molecule has 4 nitrogen and oxygen atoms in total. The number of nitrogens with zero attached hydrogens (tertiary/aromatic N) is 1. The Hall–Kier alpha value is -2.85. The van der Waals surface area contributed by atoms with E-state index in [9.17, 15) is 4.79 Å². The third-order valence-corrected chi connectivity index (χ3v) is 4.34. The van der Waals surface area contributed by atoms with Crippen molar-refractivity contribution in [3.63, 3.8) is 0 Å². The number of pyridine rings is 1. The number of hydrogen-bond acceptors (Lipinski definition) is 3. The van der Waals surface area contributed by atoms with Crippen molar-refractivity contribution in [3.05, 3.63) is 89.2 Å². The second-order valence-corrected chi connectivity index (χ2v) is 6.33. The fourth-order valence-corrected chi connectivity index (χ4v) is 2.87. The highest BCUT2D eigenvalue weighted by atomic mass is 35.5. The van der Waals surface area contributed by atoms with E-state index in [1.165, 1.54) is 0 Å². The van der Waals surface area contributed by atoms with Crippen LogP contribution < -0.4 is 10.1 Å². The van der Waals surface area contributed by atoms with Crippen LogP contribution in [0.15, 0.2) is 73.1 Å². The van der Waals surface area contributed by atoms with Gasteiger partial charge in [-0.25, -0.2) is 0 Å². The molecule has 0 saturated heterocycles. The maximum Gasteiger partial charge on any atom is 0.232 e. The fourth-order valence-electron chi connectivity index (χ4n) is 2.74. The molecule has 0 bridgehead atoms. The fraction of sp³-hybridized carbons (Fsp3) is 0.143. The Morgan fingerprint density at radius 1 is 1.15 bits per heavy atom. The number of nitrogens with one attached hydrogen (secondary N) is 1. The van der Waals surface area contributed by atoms with Crippen molar-refractivity contribution in [2.24, 2.45) is 0 Å². The summed E-state index contributed by atoms with van der Waals surface area (Å²) in [5.74, 6) is 0.241.